The summed E-state index contributed by atoms with van der Waals surface area (Å²) in [5.41, 5.74) is 0. The Bertz CT molecular complexity index is 280. The molecule has 0 aliphatic carbocycles. The number of carbonyl (C=O) groups excluding carboxylic acids is 2. The zero-order valence-electron chi connectivity index (χ0n) is 7.70. The monoisotopic (exact) mass is 180 g/mol. The highest BCUT2D eigenvalue weighted by Crippen LogP contribution is 2.10. The molecule has 0 aromatic heterocycles. The van der Waals surface area contributed by atoms with Crippen LogP contribution in [-0.4, -0.2) is 35.8 Å². The number of carbonyl (C=O) groups is 2. The lowest BCUT2D eigenvalue weighted by atomic mass is 10.2. The smallest absolute Gasteiger partial charge is 0.246 e. The minimum Gasteiger partial charge on any atom is -0.292 e. The number of nitrogens with one attached hydrogen (secondary N) is 1. The van der Waals surface area contributed by atoms with Gasteiger partial charge in [-0.3, -0.25) is 19.8 Å². The van der Waals surface area contributed by atoms with Gasteiger partial charge in [0.15, 0.2) is 0 Å². The fraction of sp³-hybridized carbons (Fsp3) is 0.556. The van der Waals surface area contributed by atoms with Gasteiger partial charge in [0.2, 0.25) is 11.8 Å². The van der Waals surface area contributed by atoms with Crippen molar-refractivity contribution < 1.29 is 9.59 Å². The molecule has 1 fully saturated rings. The molecular weight excluding hydrogens is 168 g/mol. The summed E-state index contributed by atoms with van der Waals surface area (Å²) < 4.78 is 0. The van der Waals surface area contributed by atoms with Crippen LogP contribution < -0.4 is 5.32 Å². The molecule has 1 rings (SSSR count). The van der Waals surface area contributed by atoms with Gasteiger partial charge in [-0.15, -0.1) is 6.42 Å². The molecule has 0 saturated carbocycles. The average molecular weight is 180 g/mol. The van der Waals surface area contributed by atoms with E-state index in [9.17, 15) is 9.59 Å². The van der Waals surface area contributed by atoms with E-state index >= 15 is 0 Å². The predicted molar refractivity (Wildman–Crippen MR) is 47.6 cm³/mol. The number of likely N-dealkylation sites (tertiary alicyclic amines) is 1. The third-order valence-electron chi connectivity index (χ3n) is 2.08. The summed E-state index contributed by atoms with van der Waals surface area (Å²) in [6.07, 6.45) is 5.35. The molecule has 2 amide bonds. The Morgan fingerprint density at radius 3 is 2.69 bits per heavy atom. The third kappa shape index (κ3) is 1.87. The number of nitrogens with zero attached hydrogens (tertiary/aromatic N) is 1. The average Bonchev–Trinajstić information content (AvgIpc) is 2.34. The summed E-state index contributed by atoms with van der Waals surface area (Å²) in [7, 11) is 1.48. The fourth-order valence-electron chi connectivity index (χ4n) is 1.24. The van der Waals surface area contributed by atoms with Crippen LogP contribution in [0.25, 0.3) is 0 Å². The number of amides is 2. The van der Waals surface area contributed by atoms with Crippen LogP contribution in [0.1, 0.15) is 13.3 Å². The quantitative estimate of drug-likeness (QED) is 0.454. The first-order valence-corrected chi connectivity index (χ1v) is 4.09. The van der Waals surface area contributed by atoms with Crippen molar-refractivity contribution in [3.8, 4) is 12.3 Å². The van der Waals surface area contributed by atoms with Crippen LogP contribution in [0.3, 0.4) is 0 Å². The second-order valence-corrected chi connectivity index (χ2v) is 3.10. The standard InChI is InChI=1S/C9H12N2O2/c1-4-6(2)10-7-5-8(12)11(3)9(7)13/h1,6-7,10H,5H2,2-3H3. The van der Waals surface area contributed by atoms with E-state index in [1.165, 1.54) is 7.05 Å². The lowest BCUT2D eigenvalue weighted by Gasteiger charge is -2.12. The van der Waals surface area contributed by atoms with E-state index in [1.807, 2.05) is 0 Å². The van der Waals surface area contributed by atoms with Crippen molar-refractivity contribution in [1.29, 1.82) is 0 Å². The Morgan fingerprint density at radius 1 is 1.69 bits per heavy atom. The zero-order chi connectivity index (χ0) is 10.0. The number of terminal acetylenes is 1. The minimum absolute atomic E-state index is 0.160. The summed E-state index contributed by atoms with van der Waals surface area (Å²) in [4.78, 5) is 23.5. The molecule has 0 spiro atoms. The first kappa shape index (κ1) is 9.75. The van der Waals surface area contributed by atoms with Crippen LogP contribution in [0.4, 0.5) is 0 Å². The Hall–Kier alpha value is -1.34. The normalized spacial score (nSPS) is 24.7. The topological polar surface area (TPSA) is 49.4 Å². The second kappa shape index (κ2) is 3.58. The largest absolute Gasteiger partial charge is 0.292 e. The van der Waals surface area contributed by atoms with Gasteiger partial charge in [0, 0.05) is 7.05 Å². The number of rotatable bonds is 2. The Labute approximate surface area is 77.3 Å². The van der Waals surface area contributed by atoms with E-state index in [2.05, 4.69) is 11.2 Å². The van der Waals surface area contributed by atoms with E-state index in [1.54, 1.807) is 6.92 Å². The highest BCUT2D eigenvalue weighted by Gasteiger charge is 2.36. The summed E-state index contributed by atoms with van der Waals surface area (Å²) in [6.45, 7) is 1.77. The van der Waals surface area contributed by atoms with Gasteiger partial charge in [0.1, 0.15) is 0 Å². The molecule has 0 radical (unpaired) electrons. The maximum atomic E-state index is 11.3. The van der Waals surface area contributed by atoms with Crippen LogP contribution in [0.5, 0.6) is 0 Å². The van der Waals surface area contributed by atoms with E-state index in [0.717, 1.165) is 4.90 Å². The SMILES string of the molecule is C#CC(C)NC1CC(=O)N(C)C1=O. The van der Waals surface area contributed by atoms with Gasteiger partial charge in [-0.2, -0.15) is 0 Å². The van der Waals surface area contributed by atoms with Crippen LogP contribution >= 0.6 is 0 Å². The van der Waals surface area contributed by atoms with Gasteiger partial charge >= 0.3 is 0 Å². The van der Waals surface area contributed by atoms with Crippen molar-refractivity contribution >= 4 is 11.8 Å². The first-order chi connectivity index (χ1) is 6.06. The van der Waals surface area contributed by atoms with Gasteiger partial charge in [-0.1, -0.05) is 5.92 Å². The van der Waals surface area contributed by atoms with Crippen LogP contribution in [0, 0.1) is 12.3 Å². The molecule has 70 valence electrons. The molecule has 1 aliphatic heterocycles. The maximum Gasteiger partial charge on any atom is 0.246 e. The molecule has 1 saturated heterocycles. The van der Waals surface area contributed by atoms with E-state index < -0.39 is 6.04 Å². The second-order valence-electron chi connectivity index (χ2n) is 3.10. The number of hydrogen-bond acceptors (Lipinski definition) is 3. The Balaban J connectivity index is 2.60. The predicted octanol–water partition coefficient (Wildman–Crippen LogP) is -0.645. The minimum atomic E-state index is -0.441. The molecule has 0 bridgehead atoms. The molecule has 4 nitrogen and oxygen atoms in total. The molecular formula is C9H12N2O2. The molecule has 1 aliphatic rings. The van der Waals surface area contributed by atoms with E-state index in [0.29, 0.717) is 0 Å². The van der Waals surface area contributed by atoms with Crippen molar-refractivity contribution in [2.75, 3.05) is 7.05 Å². The summed E-state index contributed by atoms with van der Waals surface area (Å²) in [5.74, 6) is 2.09. The molecule has 1 N–H and O–H groups in total. The molecule has 13 heavy (non-hydrogen) atoms. The summed E-state index contributed by atoms with van der Waals surface area (Å²) in [5, 5.41) is 2.89. The molecule has 4 heteroatoms. The molecule has 1 heterocycles. The van der Waals surface area contributed by atoms with E-state index in [-0.39, 0.29) is 24.3 Å². The van der Waals surface area contributed by atoms with Crippen LogP contribution in [0.15, 0.2) is 0 Å². The lowest BCUT2D eigenvalue weighted by Crippen LogP contribution is -2.41. The van der Waals surface area contributed by atoms with Gasteiger partial charge in [0.05, 0.1) is 18.5 Å². The summed E-state index contributed by atoms with van der Waals surface area (Å²) in [6, 6.07) is -0.628. The molecule has 2 unspecified atom stereocenters. The van der Waals surface area contributed by atoms with Crippen LogP contribution in [0.2, 0.25) is 0 Å². The zero-order valence-corrected chi connectivity index (χ0v) is 7.70. The summed E-state index contributed by atoms with van der Waals surface area (Å²) >= 11 is 0. The van der Waals surface area contributed by atoms with Crippen molar-refractivity contribution in [2.24, 2.45) is 0 Å². The number of likely N-dealkylation sites (N-methyl/N-ethyl adjacent to an activating group) is 1. The number of hydrogen-bond donors (Lipinski definition) is 1. The van der Waals surface area contributed by atoms with Crippen molar-refractivity contribution in [1.82, 2.24) is 10.2 Å². The van der Waals surface area contributed by atoms with Crippen molar-refractivity contribution in [3.63, 3.8) is 0 Å². The van der Waals surface area contributed by atoms with E-state index in [4.69, 9.17) is 6.42 Å². The van der Waals surface area contributed by atoms with Crippen LogP contribution in [-0.2, 0) is 9.59 Å². The number of imide groups is 1. The Kier molecular flexibility index (Phi) is 2.69. The van der Waals surface area contributed by atoms with Crippen molar-refractivity contribution in [3.05, 3.63) is 0 Å². The molecule has 0 aromatic rings. The lowest BCUT2D eigenvalue weighted by molar-refractivity contribution is -0.137. The highest BCUT2D eigenvalue weighted by molar-refractivity contribution is 6.05. The van der Waals surface area contributed by atoms with Crippen molar-refractivity contribution in [2.45, 2.75) is 25.4 Å². The molecule has 0 aromatic carbocycles. The third-order valence-corrected chi connectivity index (χ3v) is 2.08. The highest BCUT2D eigenvalue weighted by atomic mass is 16.2. The van der Waals surface area contributed by atoms with Gasteiger partial charge in [0.25, 0.3) is 0 Å². The Morgan fingerprint density at radius 2 is 2.31 bits per heavy atom. The van der Waals surface area contributed by atoms with Gasteiger partial charge < -0.3 is 0 Å². The maximum absolute atomic E-state index is 11.3. The molecule has 2 atom stereocenters. The first-order valence-electron chi connectivity index (χ1n) is 4.09. The van der Waals surface area contributed by atoms with Gasteiger partial charge in [-0.25, -0.2) is 0 Å². The van der Waals surface area contributed by atoms with Gasteiger partial charge in [-0.05, 0) is 6.92 Å². The fourth-order valence-corrected chi connectivity index (χ4v) is 1.24.